The van der Waals surface area contributed by atoms with Gasteiger partial charge < -0.3 is 14.6 Å². The summed E-state index contributed by atoms with van der Waals surface area (Å²) in [6, 6.07) is 10.2. The van der Waals surface area contributed by atoms with Gasteiger partial charge in [-0.25, -0.2) is 0 Å². The predicted octanol–water partition coefficient (Wildman–Crippen LogP) is 3.97. The lowest BCUT2D eigenvalue weighted by Crippen LogP contribution is -2.16. The van der Waals surface area contributed by atoms with Crippen molar-refractivity contribution in [1.82, 2.24) is 0 Å². The molecule has 0 bridgehead atoms. The fraction of sp³-hybridized carbons (Fsp3) is 0.143. The molecule has 0 heterocycles. The lowest BCUT2D eigenvalue weighted by Gasteiger charge is -2.11. The van der Waals surface area contributed by atoms with Crippen molar-refractivity contribution in [2.24, 2.45) is 0 Å². The van der Waals surface area contributed by atoms with E-state index >= 15 is 0 Å². The molecule has 20 heavy (non-hydrogen) atoms. The number of phenolic OH excluding ortho intramolecular Hbond substituents is 1. The maximum absolute atomic E-state index is 12.1. The Bertz CT molecular complexity index is 609. The van der Waals surface area contributed by atoms with Gasteiger partial charge in [-0.15, -0.1) is 13.2 Å². The van der Waals surface area contributed by atoms with E-state index in [0.717, 1.165) is 12.1 Å². The molecule has 0 aliphatic heterocycles. The Morgan fingerprint density at radius 3 is 2.35 bits per heavy atom. The summed E-state index contributed by atoms with van der Waals surface area (Å²) in [5.74, 6) is -0.195. The largest absolute Gasteiger partial charge is 0.573 e. The van der Waals surface area contributed by atoms with Crippen molar-refractivity contribution in [2.75, 3.05) is 7.11 Å². The molecule has 0 aliphatic rings. The van der Waals surface area contributed by atoms with Crippen LogP contribution in [0.3, 0.4) is 0 Å². The van der Waals surface area contributed by atoms with Crippen LogP contribution in [0.25, 0.3) is 11.1 Å². The molecule has 106 valence electrons. The molecule has 0 fully saturated rings. The number of rotatable bonds is 3. The molecule has 1 N–H and O–H groups in total. The van der Waals surface area contributed by atoms with Gasteiger partial charge in [0.15, 0.2) is 0 Å². The highest BCUT2D eigenvalue weighted by atomic mass is 19.4. The normalized spacial score (nSPS) is 11.2. The van der Waals surface area contributed by atoms with Crippen LogP contribution in [-0.4, -0.2) is 18.6 Å². The van der Waals surface area contributed by atoms with Gasteiger partial charge in [0, 0.05) is 11.6 Å². The van der Waals surface area contributed by atoms with E-state index in [2.05, 4.69) is 4.74 Å². The lowest BCUT2D eigenvalue weighted by atomic mass is 10.0. The van der Waals surface area contributed by atoms with Crippen LogP contribution in [0.1, 0.15) is 0 Å². The molecule has 0 radical (unpaired) electrons. The minimum atomic E-state index is -4.79. The Hall–Kier alpha value is -2.37. The molecule has 2 rings (SSSR count). The zero-order valence-electron chi connectivity index (χ0n) is 10.4. The summed E-state index contributed by atoms with van der Waals surface area (Å²) in [5, 5.41) is 9.82. The average molecular weight is 284 g/mol. The number of methoxy groups -OCH3 is 1. The second-order valence-corrected chi connectivity index (χ2v) is 3.96. The molecular formula is C14H11F3O3. The molecule has 0 aromatic heterocycles. The van der Waals surface area contributed by atoms with Crippen LogP contribution in [0.4, 0.5) is 13.2 Å². The number of phenols is 1. The van der Waals surface area contributed by atoms with Crippen LogP contribution >= 0.6 is 0 Å². The van der Waals surface area contributed by atoms with Gasteiger partial charge >= 0.3 is 6.36 Å². The Morgan fingerprint density at radius 2 is 1.75 bits per heavy atom. The summed E-state index contributed by atoms with van der Waals surface area (Å²) < 4.78 is 45.0. The Balaban J connectivity index is 2.34. The third kappa shape index (κ3) is 3.34. The van der Waals surface area contributed by atoms with Crippen molar-refractivity contribution in [1.29, 1.82) is 0 Å². The summed E-state index contributed by atoms with van der Waals surface area (Å²) in [7, 11) is 1.50. The van der Waals surface area contributed by atoms with Gasteiger partial charge in [0.1, 0.15) is 17.2 Å². The maximum Gasteiger partial charge on any atom is 0.573 e. The zero-order valence-corrected chi connectivity index (χ0v) is 10.4. The average Bonchev–Trinajstić information content (AvgIpc) is 2.37. The van der Waals surface area contributed by atoms with Crippen LogP contribution in [0, 0.1) is 0 Å². The second-order valence-electron chi connectivity index (χ2n) is 3.96. The number of benzene rings is 2. The topological polar surface area (TPSA) is 38.7 Å². The van der Waals surface area contributed by atoms with Crippen molar-refractivity contribution in [2.45, 2.75) is 6.36 Å². The molecule has 6 heteroatoms. The molecule has 2 aromatic carbocycles. The number of alkyl halides is 3. The molecule has 0 spiro atoms. The fourth-order valence-electron chi connectivity index (χ4n) is 1.74. The highest BCUT2D eigenvalue weighted by molar-refractivity contribution is 5.72. The summed E-state index contributed by atoms with van der Waals surface area (Å²) in [6.07, 6.45) is -4.79. The van der Waals surface area contributed by atoms with Gasteiger partial charge in [-0.3, -0.25) is 0 Å². The van der Waals surface area contributed by atoms with E-state index in [1.165, 1.54) is 13.2 Å². The Labute approximate surface area is 113 Å². The minimum absolute atomic E-state index is 0.306. The molecule has 0 amide bonds. The van der Waals surface area contributed by atoms with E-state index in [9.17, 15) is 18.3 Å². The van der Waals surface area contributed by atoms with E-state index in [0.29, 0.717) is 16.9 Å². The molecule has 0 saturated heterocycles. The van der Waals surface area contributed by atoms with Gasteiger partial charge in [-0.05, 0) is 29.8 Å². The summed E-state index contributed by atoms with van der Waals surface area (Å²) in [4.78, 5) is 0. The first-order valence-corrected chi connectivity index (χ1v) is 5.62. The lowest BCUT2D eigenvalue weighted by molar-refractivity contribution is -0.274. The van der Waals surface area contributed by atoms with Crippen molar-refractivity contribution >= 4 is 0 Å². The highest BCUT2D eigenvalue weighted by Crippen LogP contribution is 2.35. The molecule has 0 saturated carbocycles. The van der Waals surface area contributed by atoms with Crippen molar-refractivity contribution < 1.29 is 27.8 Å². The number of aromatic hydroxyl groups is 1. The van der Waals surface area contributed by atoms with Crippen molar-refractivity contribution in [3.8, 4) is 28.4 Å². The number of ether oxygens (including phenoxy) is 2. The molecular weight excluding hydrogens is 273 g/mol. The van der Waals surface area contributed by atoms with Gasteiger partial charge in [0.05, 0.1) is 7.11 Å². The van der Waals surface area contributed by atoms with Crippen LogP contribution in [0.2, 0.25) is 0 Å². The number of hydrogen-bond donors (Lipinski definition) is 1. The van der Waals surface area contributed by atoms with Crippen LogP contribution in [-0.2, 0) is 0 Å². The van der Waals surface area contributed by atoms with E-state index in [4.69, 9.17) is 4.74 Å². The molecule has 3 nitrogen and oxygen atoms in total. The SMILES string of the molecule is COc1cccc(-c2ccc(OC(F)(F)F)cc2O)c1. The quantitative estimate of drug-likeness (QED) is 0.927. The zero-order chi connectivity index (χ0) is 14.8. The molecule has 2 aromatic rings. The first-order valence-electron chi connectivity index (χ1n) is 5.62. The predicted molar refractivity (Wildman–Crippen MR) is 66.8 cm³/mol. The third-order valence-corrected chi connectivity index (χ3v) is 2.58. The Kier molecular flexibility index (Phi) is 3.74. The summed E-state index contributed by atoms with van der Waals surface area (Å²) in [6.45, 7) is 0. The molecule has 0 unspecified atom stereocenters. The maximum atomic E-state index is 12.1. The Morgan fingerprint density at radius 1 is 1.00 bits per heavy atom. The van der Waals surface area contributed by atoms with Crippen LogP contribution < -0.4 is 9.47 Å². The van der Waals surface area contributed by atoms with Gasteiger partial charge in [0.25, 0.3) is 0 Å². The van der Waals surface area contributed by atoms with Crippen LogP contribution in [0.15, 0.2) is 42.5 Å². The minimum Gasteiger partial charge on any atom is -0.507 e. The van der Waals surface area contributed by atoms with Gasteiger partial charge in [-0.1, -0.05) is 12.1 Å². The summed E-state index contributed by atoms with van der Waals surface area (Å²) >= 11 is 0. The van der Waals surface area contributed by atoms with E-state index in [-0.39, 0.29) is 5.75 Å². The first kappa shape index (κ1) is 14.0. The van der Waals surface area contributed by atoms with E-state index in [1.54, 1.807) is 24.3 Å². The highest BCUT2D eigenvalue weighted by Gasteiger charge is 2.31. The van der Waals surface area contributed by atoms with E-state index < -0.39 is 12.1 Å². The monoisotopic (exact) mass is 284 g/mol. The molecule has 0 aliphatic carbocycles. The van der Waals surface area contributed by atoms with Crippen LogP contribution in [0.5, 0.6) is 17.2 Å². The van der Waals surface area contributed by atoms with Crippen molar-refractivity contribution in [3.63, 3.8) is 0 Å². The summed E-state index contributed by atoms with van der Waals surface area (Å²) in [5.41, 5.74) is 1.01. The van der Waals surface area contributed by atoms with Gasteiger partial charge in [-0.2, -0.15) is 0 Å². The molecule has 0 atom stereocenters. The first-order chi connectivity index (χ1) is 9.39. The second kappa shape index (κ2) is 5.32. The third-order valence-electron chi connectivity index (χ3n) is 2.58. The smallest absolute Gasteiger partial charge is 0.507 e. The van der Waals surface area contributed by atoms with E-state index in [1.807, 2.05) is 0 Å². The number of halogens is 3. The number of hydrogen-bond acceptors (Lipinski definition) is 3. The van der Waals surface area contributed by atoms with Crippen molar-refractivity contribution in [3.05, 3.63) is 42.5 Å². The fourth-order valence-corrected chi connectivity index (χ4v) is 1.74. The van der Waals surface area contributed by atoms with Gasteiger partial charge in [0.2, 0.25) is 0 Å². The standard InChI is InChI=1S/C14H11F3O3/c1-19-10-4-2-3-9(7-10)12-6-5-11(8-13(12)18)20-14(15,16)17/h2-8,18H,1H3.